The SMILES string of the molecule is O=C1CC(F)(F)CC[C@]12C=c1ccc(Br)cc1=C2. The van der Waals surface area contributed by atoms with E-state index in [4.69, 9.17) is 0 Å². The number of rotatable bonds is 0. The second-order valence-corrected chi connectivity index (χ2v) is 5.97. The van der Waals surface area contributed by atoms with E-state index in [1.165, 1.54) is 0 Å². The molecule has 0 heterocycles. The van der Waals surface area contributed by atoms with Crippen LogP contribution in [-0.4, -0.2) is 11.7 Å². The number of ketones is 1. The molecule has 1 spiro atoms. The molecule has 4 heteroatoms. The number of benzene rings is 1. The number of hydrogen-bond acceptors (Lipinski definition) is 1. The minimum absolute atomic E-state index is 0.200. The highest BCUT2D eigenvalue weighted by Gasteiger charge is 2.48. The van der Waals surface area contributed by atoms with Crippen LogP contribution >= 0.6 is 15.9 Å². The Morgan fingerprint density at radius 3 is 2.56 bits per heavy atom. The summed E-state index contributed by atoms with van der Waals surface area (Å²) in [5, 5.41) is 1.90. The summed E-state index contributed by atoms with van der Waals surface area (Å²) in [6, 6.07) is 5.72. The van der Waals surface area contributed by atoms with Crippen LogP contribution in [0, 0.1) is 5.41 Å². The van der Waals surface area contributed by atoms with Crippen molar-refractivity contribution in [2.75, 3.05) is 0 Å². The van der Waals surface area contributed by atoms with Gasteiger partial charge in [-0.2, -0.15) is 0 Å². The molecule has 1 nitrogen and oxygen atoms in total. The summed E-state index contributed by atoms with van der Waals surface area (Å²) in [5.74, 6) is -3.20. The van der Waals surface area contributed by atoms with Crippen molar-refractivity contribution < 1.29 is 13.6 Å². The lowest BCUT2D eigenvalue weighted by Gasteiger charge is -2.32. The number of fused-ring (bicyclic) bond motifs is 1. The van der Waals surface area contributed by atoms with Crippen LogP contribution in [0.3, 0.4) is 0 Å². The zero-order chi connectivity index (χ0) is 13.0. The van der Waals surface area contributed by atoms with E-state index >= 15 is 0 Å². The molecule has 0 unspecified atom stereocenters. The number of alkyl halides is 2. The largest absolute Gasteiger partial charge is 0.298 e. The molecule has 3 rings (SSSR count). The quantitative estimate of drug-likeness (QED) is 0.719. The van der Waals surface area contributed by atoms with Gasteiger partial charge in [-0.3, -0.25) is 4.79 Å². The summed E-state index contributed by atoms with van der Waals surface area (Å²) in [7, 11) is 0. The van der Waals surface area contributed by atoms with Crippen molar-refractivity contribution in [1.82, 2.24) is 0 Å². The summed E-state index contributed by atoms with van der Waals surface area (Å²) in [5.41, 5.74) is -0.801. The van der Waals surface area contributed by atoms with Crippen molar-refractivity contribution >= 4 is 33.9 Å². The number of carbonyl (C=O) groups is 1. The molecule has 0 radical (unpaired) electrons. The van der Waals surface area contributed by atoms with Gasteiger partial charge >= 0.3 is 0 Å². The second kappa shape index (κ2) is 3.73. The smallest absolute Gasteiger partial charge is 0.255 e. The van der Waals surface area contributed by atoms with Crippen LogP contribution in [0.1, 0.15) is 19.3 Å². The maximum Gasteiger partial charge on any atom is 0.255 e. The molecule has 0 amide bonds. The molecule has 2 aliphatic rings. The Morgan fingerprint density at radius 1 is 1.11 bits per heavy atom. The minimum atomic E-state index is -2.83. The van der Waals surface area contributed by atoms with Crippen LogP contribution in [0.15, 0.2) is 22.7 Å². The molecule has 94 valence electrons. The molecular formula is C14H11BrF2O. The molecule has 0 bridgehead atoms. The number of hydrogen-bond donors (Lipinski definition) is 0. The molecule has 0 N–H and O–H groups in total. The monoisotopic (exact) mass is 312 g/mol. The fourth-order valence-electron chi connectivity index (χ4n) is 2.72. The Kier molecular flexibility index (Phi) is 2.49. The lowest BCUT2D eigenvalue weighted by molar-refractivity contribution is -0.137. The summed E-state index contributed by atoms with van der Waals surface area (Å²) in [4.78, 5) is 12.0. The highest BCUT2D eigenvalue weighted by molar-refractivity contribution is 9.10. The molecule has 1 saturated carbocycles. The zero-order valence-electron chi connectivity index (χ0n) is 9.55. The third-order valence-electron chi connectivity index (χ3n) is 3.72. The maximum absolute atomic E-state index is 13.2. The average molecular weight is 313 g/mol. The topological polar surface area (TPSA) is 17.1 Å². The van der Waals surface area contributed by atoms with Crippen molar-refractivity contribution in [3.63, 3.8) is 0 Å². The summed E-state index contributed by atoms with van der Waals surface area (Å²) in [6.45, 7) is 0. The van der Waals surface area contributed by atoms with Crippen LogP contribution in [0.5, 0.6) is 0 Å². The van der Waals surface area contributed by atoms with Crippen molar-refractivity contribution in [3.05, 3.63) is 33.1 Å². The van der Waals surface area contributed by atoms with Crippen molar-refractivity contribution in [3.8, 4) is 0 Å². The van der Waals surface area contributed by atoms with Gasteiger partial charge in [-0.25, -0.2) is 8.78 Å². The van der Waals surface area contributed by atoms with Gasteiger partial charge in [0.25, 0.3) is 5.92 Å². The van der Waals surface area contributed by atoms with Gasteiger partial charge in [-0.1, -0.05) is 34.1 Å². The van der Waals surface area contributed by atoms with E-state index < -0.39 is 17.8 Å². The average Bonchev–Trinajstić information content (AvgIpc) is 2.63. The molecule has 0 aromatic heterocycles. The van der Waals surface area contributed by atoms with Crippen molar-refractivity contribution in [1.29, 1.82) is 0 Å². The van der Waals surface area contributed by atoms with E-state index in [0.29, 0.717) is 0 Å². The highest BCUT2D eigenvalue weighted by Crippen LogP contribution is 2.44. The predicted octanol–water partition coefficient (Wildman–Crippen LogP) is 2.40. The second-order valence-electron chi connectivity index (χ2n) is 5.06. The first-order valence-electron chi connectivity index (χ1n) is 5.83. The Labute approximate surface area is 111 Å². The molecule has 1 atom stereocenters. The maximum atomic E-state index is 13.2. The van der Waals surface area contributed by atoms with E-state index in [1.54, 1.807) is 0 Å². The lowest BCUT2D eigenvalue weighted by atomic mass is 9.72. The van der Waals surface area contributed by atoms with E-state index in [1.807, 2.05) is 30.4 Å². The molecule has 1 aromatic carbocycles. The first kappa shape index (κ1) is 12.0. The van der Waals surface area contributed by atoms with Crippen LogP contribution in [0.2, 0.25) is 0 Å². The van der Waals surface area contributed by atoms with Gasteiger partial charge in [0.1, 0.15) is 0 Å². The molecule has 1 fully saturated rings. The number of carbonyl (C=O) groups excluding carboxylic acids is 1. The molecule has 18 heavy (non-hydrogen) atoms. The first-order chi connectivity index (χ1) is 8.40. The van der Waals surface area contributed by atoms with Gasteiger partial charge in [0, 0.05) is 10.9 Å². The van der Waals surface area contributed by atoms with E-state index in [0.717, 1.165) is 14.9 Å². The Morgan fingerprint density at radius 2 is 1.83 bits per heavy atom. The van der Waals surface area contributed by atoms with E-state index in [-0.39, 0.29) is 18.6 Å². The first-order valence-corrected chi connectivity index (χ1v) is 6.62. The van der Waals surface area contributed by atoms with Crippen molar-refractivity contribution in [2.24, 2.45) is 5.41 Å². The van der Waals surface area contributed by atoms with Gasteiger partial charge in [0.2, 0.25) is 0 Å². The van der Waals surface area contributed by atoms with Gasteiger partial charge in [-0.15, -0.1) is 0 Å². The van der Waals surface area contributed by atoms with Gasteiger partial charge in [-0.05, 0) is 29.0 Å². The fraction of sp³-hybridized carbons (Fsp3) is 0.357. The van der Waals surface area contributed by atoms with E-state index in [2.05, 4.69) is 15.9 Å². The molecular weight excluding hydrogens is 302 g/mol. The Bertz CT molecular complexity index is 650. The minimum Gasteiger partial charge on any atom is -0.298 e. The molecule has 1 aromatic rings. The summed E-state index contributed by atoms with van der Waals surface area (Å²) >= 11 is 3.37. The predicted molar refractivity (Wildman–Crippen MR) is 68.6 cm³/mol. The third kappa shape index (κ3) is 1.83. The highest BCUT2D eigenvalue weighted by atomic mass is 79.9. The van der Waals surface area contributed by atoms with Crippen LogP contribution < -0.4 is 10.4 Å². The van der Waals surface area contributed by atoms with E-state index in [9.17, 15) is 13.6 Å². The standard InChI is InChI=1S/C14H11BrF2O/c15-11-2-1-9-6-13(7-10(9)5-11)3-4-14(16,17)8-12(13)18/h1-2,5-7H,3-4,8H2/t13-/m1/s1. The van der Waals surface area contributed by atoms with Crippen LogP contribution in [-0.2, 0) is 4.79 Å². The van der Waals surface area contributed by atoms with Gasteiger partial charge in [0.05, 0.1) is 11.8 Å². The molecule has 2 aliphatic carbocycles. The number of halogens is 3. The Hall–Kier alpha value is -1.03. The lowest BCUT2D eigenvalue weighted by Crippen LogP contribution is -2.38. The number of Topliss-reactive ketones (excluding diaryl/α,β-unsaturated/α-hetero) is 1. The van der Waals surface area contributed by atoms with Gasteiger partial charge < -0.3 is 0 Å². The normalized spacial score (nSPS) is 28.7. The third-order valence-corrected chi connectivity index (χ3v) is 4.21. The van der Waals surface area contributed by atoms with Crippen LogP contribution in [0.25, 0.3) is 12.2 Å². The molecule has 0 saturated heterocycles. The summed E-state index contributed by atoms with van der Waals surface area (Å²) in [6.07, 6.45) is 3.01. The Balaban J connectivity index is 2.08. The van der Waals surface area contributed by atoms with Crippen LogP contribution in [0.4, 0.5) is 8.78 Å². The fourth-order valence-corrected chi connectivity index (χ4v) is 3.10. The molecule has 0 aliphatic heterocycles. The summed E-state index contributed by atoms with van der Waals surface area (Å²) < 4.78 is 27.4. The van der Waals surface area contributed by atoms with Crippen molar-refractivity contribution in [2.45, 2.75) is 25.2 Å². The van der Waals surface area contributed by atoms with Gasteiger partial charge in [0.15, 0.2) is 5.78 Å². The zero-order valence-corrected chi connectivity index (χ0v) is 11.1.